The van der Waals surface area contributed by atoms with Gasteiger partial charge >= 0.3 is 5.97 Å². The molecule has 0 spiro atoms. The number of anilines is 2. The van der Waals surface area contributed by atoms with E-state index in [0.29, 0.717) is 17.8 Å². The number of hydrogen-bond donors (Lipinski definition) is 0. The highest BCUT2D eigenvalue weighted by Gasteiger charge is 2.39. The molecule has 0 aliphatic carbocycles. The zero-order chi connectivity index (χ0) is 19.7. The number of hydrogen-bond acceptors (Lipinski definition) is 4. The summed E-state index contributed by atoms with van der Waals surface area (Å²) in [5.74, 6) is -1.11. The number of rotatable bonds is 3. The van der Waals surface area contributed by atoms with Gasteiger partial charge in [-0.25, -0.2) is 4.79 Å². The second-order valence-electron chi connectivity index (χ2n) is 7.14. The van der Waals surface area contributed by atoms with Gasteiger partial charge in [0.25, 0.3) is 0 Å². The minimum absolute atomic E-state index is 0.0291. The van der Waals surface area contributed by atoms with Gasteiger partial charge in [0.05, 0.1) is 24.3 Å². The van der Waals surface area contributed by atoms with E-state index < -0.39 is 11.9 Å². The third-order valence-corrected chi connectivity index (χ3v) is 5.45. The van der Waals surface area contributed by atoms with Crippen molar-refractivity contribution in [1.82, 2.24) is 0 Å². The Morgan fingerprint density at radius 3 is 2.54 bits per heavy atom. The van der Waals surface area contributed by atoms with Crippen molar-refractivity contribution >= 4 is 29.2 Å². The molecule has 2 aliphatic heterocycles. The van der Waals surface area contributed by atoms with Crippen LogP contribution in [0, 0.1) is 5.92 Å². The molecule has 0 aromatic heterocycles. The van der Waals surface area contributed by atoms with E-state index in [9.17, 15) is 14.4 Å². The molecule has 1 atom stereocenters. The van der Waals surface area contributed by atoms with Crippen molar-refractivity contribution in [2.24, 2.45) is 5.92 Å². The minimum atomic E-state index is -0.497. The van der Waals surface area contributed by atoms with Crippen LogP contribution in [-0.4, -0.2) is 38.0 Å². The Bertz CT molecular complexity index is 940. The first-order valence-electron chi connectivity index (χ1n) is 9.47. The van der Waals surface area contributed by atoms with Gasteiger partial charge in [0, 0.05) is 25.2 Å². The maximum atomic E-state index is 13.2. The zero-order valence-electron chi connectivity index (χ0n) is 15.8. The molecule has 1 fully saturated rings. The molecule has 1 unspecified atom stereocenters. The van der Waals surface area contributed by atoms with E-state index in [1.54, 1.807) is 24.3 Å². The molecule has 0 bridgehead atoms. The monoisotopic (exact) mass is 378 g/mol. The lowest BCUT2D eigenvalue weighted by atomic mass is 9.99. The molecular formula is C22H22N2O4. The van der Waals surface area contributed by atoms with Crippen molar-refractivity contribution in [3.05, 3.63) is 59.7 Å². The van der Waals surface area contributed by atoms with E-state index in [1.807, 2.05) is 29.2 Å². The number of nitrogens with zero attached hydrogens (tertiary/aromatic N) is 2. The van der Waals surface area contributed by atoms with Crippen LogP contribution in [0.15, 0.2) is 48.5 Å². The fourth-order valence-electron chi connectivity index (χ4n) is 4.08. The topological polar surface area (TPSA) is 66.9 Å². The number of amides is 2. The summed E-state index contributed by atoms with van der Waals surface area (Å²) in [5.41, 5.74) is 2.93. The summed E-state index contributed by atoms with van der Waals surface area (Å²) < 4.78 is 4.83. The van der Waals surface area contributed by atoms with Crippen molar-refractivity contribution in [3.63, 3.8) is 0 Å². The lowest BCUT2D eigenvalue weighted by Gasteiger charge is -2.31. The van der Waals surface area contributed by atoms with Gasteiger partial charge in [-0.1, -0.05) is 30.3 Å². The smallest absolute Gasteiger partial charge is 0.339 e. The Labute approximate surface area is 163 Å². The normalized spacial score (nSPS) is 18.8. The molecule has 2 heterocycles. The molecule has 0 N–H and O–H groups in total. The first kappa shape index (κ1) is 18.2. The lowest BCUT2D eigenvalue weighted by molar-refractivity contribution is -0.124. The summed E-state index contributed by atoms with van der Waals surface area (Å²) in [7, 11) is 1.31. The first-order valence-corrected chi connectivity index (χ1v) is 9.47. The van der Waals surface area contributed by atoms with Crippen molar-refractivity contribution in [2.45, 2.75) is 19.3 Å². The molecule has 2 amide bonds. The molecule has 4 rings (SSSR count). The second-order valence-corrected chi connectivity index (χ2v) is 7.14. The average molecular weight is 378 g/mol. The Hall–Kier alpha value is -3.15. The second kappa shape index (κ2) is 7.46. The summed E-state index contributed by atoms with van der Waals surface area (Å²) in [5, 5.41) is 0. The van der Waals surface area contributed by atoms with Crippen LogP contribution in [0.3, 0.4) is 0 Å². The number of esters is 1. The summed E-state index contributed by atoms with van der Waals surface area (Å²) in [4.78, 5) is 41.3. The van der Waals surface area contributed by atoms with E-state index in [-0.39, 0.29) is 24.8 Å². The highest BCUT2D eigenvalue weighted by Crippen LogP contribution is 2.33. The Morgan fingerprint density at radius 1 is 1.04 bits per heavy atom. The number of aryl methyl sites for hydroxylation is 1. The van der Waals surface area contributed by atoms with Crippen LogP contribution in [0.2, 0.25) is 0 Å². The summed E-state index contributed by atoms with van der Waals surface area (Å²) in [6.07, 6.45) is 2.02. The number of methoxy groups -OCH3 is 1. The largest absolute Gasteiger partial charge is 0.465 e. The zero-order valence-corrected chi connectivity index (χ0v) is 15.8. The minimum Gasteiger partial charge on any atom is -0.465 e. The maximum Gasteiger partial charge on any atom is 0.339 e. The van der Waals surface area contributed by atoms with Gasteiger partial charge in [-0.05, 0) is 36.6 Å². The summed E-state index contributed by atoms with van der Waals surface area (Å²) in [6.45, 7) is 0.934. The van der Waals surface area contributed by atoms with Gasteiger partial charge in [-0.2, -0.15) is 0 Å². The van der Waals surface area contributed by atoms with Crippen molar-refractivity contribution in [2.75, 3.05) is 30.0 Å². The van der Waals surface area contributed by atoms with Crippen LogP contribution in [0.1, 0.15) is 28.8 Å². The summed E-state index contributed by atoms with van der Waals surface area (Å²) >= 11 is 0. The Kier molecular flexibility index (Phi) is 4.86. The van der Waals surface area contributed by atoms with E-state index in [2.05, 4.69) is 0 Å². The quantitative estimate of drug-likeness (QED) is 0.771. The number of benzene rings is 2. The number of ether oxygens (including phenoxy) is 1. The molecule has 6 heteroatoms. The Morgan fingerprint density at radius 2 is 1.75 bits per heavy atom. The molecular weight excluding hydrogens is 356 g/mol. The molecule has 144 valence electrons. The molecule has 28 heavy (non-hydrogen) atoms. The summed E-state index contributed by atoms with van der Waals surface area (Å²) in [6, 6.07) is 14.8. The number of carbonyl (C=O) groups excluding carboxylic acids is 3. The predicted molar refractivity (Wildman–Crippen MR) is 105 cm³/mol. The number of carbonyl (C=O) groups is 3. The van der Waals surface area contributed by atoms with Gasteiger partial charge < -0.3 is 14.5 Å². The highest BCUT2D eigenvalue weighted by atomic mass is 16.5. The molecule has 1 saturated heterocycles. The van der Waals surface area contributed by atoms with Crippen molar-refractivity contribution < 1.29 is 19.1 Å². The third kappa shape index (κ3) is 3.15. The molecule has 2 aliphatic rings. The van der Waals surface area contributed by atoms with Crippen LogP contribution in [-0.2, 0) is 20.7 Å². The highest BCUT2D eigenvalue weighted by molar-refractivity contribution is 6.07. The Balaban J connectivity index is 1.58. The molecule has 2 aromatic rings. The standard InChI is InChI=1S/C22H22N2O4/c1-28-22(27)17-9-3-5-11-19(17)24-14-16(13-20(24)25)21(26)23-12-6-8-15-7-2-4-10-18(15)23/h2-5,7,9-11,16H,6,8,12-14H2,1H3. The maximum absolute atomic E-state index is 13.2. The van der Waals surface area contributed by atoms with Gasteiger partial charge in [0.1, 0.15) is 0 Å². The van der Waals surface area contributed by atoms with Crippen molar-refractivity contribution in [3.8, 4) is 0 Å². The van der Waals surface area contributed by atoms with Crippen LogP contribution in [0.25, 0.3) is 0 Å². The van der Waals surface area contributed by atoms with E-state index in [0.717, 1.165) is 18.5 Å². The van der Waals surface area contributed by atoms with Gasteiger partial charge in [0.15, 0.2) is 0 Å². The third-order valence-electron chi connectivity index (χ3n) is 5.45. The van der Waals surface area contributed by atoms with Crippen molar-refractivity contribution in [1.29, 1.82) is 0 Å². The lowest BCUT2D eigenvalue weighted by Crippen LogP contribution is -2.40. The van der Waals surface area contributed by atoms with E-state index in [1.165, 1.54) is 17.6 Å². The van der Waals surface area contributed by atoms with Crippen LogP contribution >= 0.6 is 0 Å². The predicted octanol–water partition coefficient (Wildman–Crippen LogP) is 2.81. The fraction of sp³-hybridized carbons (Fsp3) is 0.318. The fourth-order valence-corrected chi connectivity index (χ4v) is 4.08. The van der Waals surface area contributed by atoms with Gasteiger partial charge in [-0.15, -0.1) is 0 Å². The molecule has 2 aromatic carbocycles. The molecule has 6 nitrogen and oxygen atoms in total. The number of para-hydroxylation sites is 2. The molecule has 0 radical (unpaired) electrons. The first-order chi connectivity index (χ1) is 13.6. The number of fused-ring (bicyclic) bond motifs is 1. The average Bonchev–Trinajstić information content (AvgIpc) is 3.13. The van der Waals surface area contributed by atoms with Crippen LogP contribution < -0.4 is 9.80 Å². The SMILES string of the molecule is COC(=O)c1ccccc1N1CC(C(=O)N2CCCc3ccccc32)CC1=O. The van der Waals surface area contributed by atoms with E-state index >= 15 is 0 Å². The molecule has 0 saturated carbocycles. The van der Waals surface area contributed by atoms with Crippen LogP contribution in [0.4, 0.5) is 11.4 Å². The van der Waals surface area contributed by atoms with E-state index in [4.69, 9.17) is 4.74 Å². The van der Waals surface area contributed by atoms with Gasteiger partial charge in [-0.3, -0.25) is 9.59 Å². The van der Waals surface area contributed by atoms with Gasteiger partial charge in [0.2, 0.25) is 11.8 Å². The van der Waals surface area contributed by atoms with Crippen LogP contribution in [0.5, 0.6) is 0 Å².